The van der Waals surface area contributed by atoms with E-state index in [4.69, 9.17) is 25.8 Å². The van der Waals surface area contributed by atoms with Gasteiger partial charge < -0.3 is 19.3 Å². The Bertz CT molecular complexity index is 1460. The number of amides is 1. The van der Waals surface area contributed by atoms with Crippen LogP contribution in [0.3, 0.4) is 0 Å². The van der Waals surface area contributed by atoms with Gasteiger partial charge in [-0.1, -0.05) is 35.1 Å². The number of aromatic nitrogens is 1. The number of nitrogens with zero attached hydrogens (tertiary/aromatic N) is 2. The molecule has 2 aliphatic heterocycles. The van der Waals surface area contributed by atoms with Crippen molar-refractivity contribution in [1.29, 1.82) is 0 Å². The highest BCUT2D eigenvalue weighted by Gasteiger charge is 2.48. The molecule has 1 amide bonds. The van der Waals surface area contributed by atoms with Crippen molar-refractivity contribution in [2.24, 2.45) is 0 Å². The predicted octanol–water partition coefficient (Wildman–Crippen LogP) is 4.68. The second kappa shape index (κ2) is 9.87. The maximum Gasteiger partial charge on any atom is 0.350 e. The van der Waals surface area contributed by atoms with Crippen molar-refractivity contribution in [3.8, 4) is 11.5 Å². The van der Waals surface area contributed by atoms with Crippen molar-refractivity contribution in [2.75, 3.05) is 24.7 Å². The van der Waals surface area contributed by atoms with Gasteiger partial charge in [-0.15, -0.1) is 0 Å². The molecule has 1 N–H and O–H groups in total. The molecule has 3 aromatic rings. The average molecular weight is 541 g/mol. The summed E-state index contributed by atoms with van der Waals surface area (Å²) < 4.78 is 16.2. The molecule has 1 aromatic heterocycles. The number of fused-ring (bicyclic) bond motifs is 1. The number of aliphatic hydroxyl groups is 1. The molecule has 2 aromatic carbocycles. The van der Waals surface area contributed by atoms with Gasteiger partial charge in [0.1, 0.15) is 23.9 Å². The van der Waals surface area contributed by atoms with Crippen molar-refractivity contribution in [3.63, 3.8) is 0 Å². The molecule has 0 aliphatic carbocycles. The number of carbonyl (C=O) groups is 3. The monoisotopic (exact) mass is 540 g/mol. The van der Waals surface area contributed by atoms with E-state index in [1.165, 1.54) is 4.90 Å². The van der Waals surface area contributed by atoms with Gasteiger partial charge in [-0.05, 0) is 49.7 Å². The molecular weight excluding hydrogens is 520 g/mol. The molecule has 190 valence electrons. The molecule has 0 spiro atoms. The van der Waals surface area contributed by atoms with E-state index in [9.17, 15) is 19.5 Å². The number of thiazole rings is 1. The van der Waals surface area contributed by atoms with Crippen molar-refractivity contribution < 1.29 is 33.7 Å². The minimum absolute atomic E-state index is 0.119. The standard InChI is InChI=1S/C26H21ClN2O7S/c1-3-34-25(33)23-13(2)28-26(37-23)29-20(14-5-4-6-16(27)11-14)19(22(31)24(29)32)21(30)15-7-8-17-18(12-15)36-10-9-35-17/h4-8,11-12,20,30H,3,9-10H2,1-2H3/b21-19+/t20-/m0/s1. The van der Waals surface area contributed by atoms with Crippen LogP contribution < -0.4 is 14.4 Å². The van der Waals surface area contributed by atoms with E-state index in [1.54, 1.807) is 56.3 Å². The zero-order chi connectivity index (χ0) is 26.3. The van der Waals surface area contributed by atoms with Crippen LogP contribution in [0.2, 0.25) is 5.02 Å². The van der Waals surface area contributed by atoms with E-state index in [1.807, 2.05) is 0 Å². The zero-order valence-electron chi connectivity index (χ0n) is 19.8. The number of hydrogen-bond acceptors (Lipinski definition) is 9. The van der Waals surface area contributed by atoms with E-state index in [0.717, 1.165) is 11.3 Å². The minimum Gasteiger partial charge on any atom is -0.507 e. The first kappa shape index (κ1) is 24.8. The van der Waals surface area contributed by atoms with Crippen molar-refractivity contribution in [2.45, 2.75) is 19.9 Å². The fourth-order valence-corrected chi connectivity index (χ4v) is 5.43. The largest absolute Gasteiger partial charge is 0.507 e. The summed E-state index contributed by atoms with van der Waals surface area (Å²) in [5, 5.41) is 11.9. The fraction of sp³-hybridized carbons (Fsp3) is 0.231. The molecule has 2 aliphatic rings. The number of Topliss-reactive ketones (excluding diaryl/α,β-unsaturated/α-hetero) is 1. The molecule has 1 atom stereocenters. The number of ketones is 1. The lowest BCUT2D eigenvalue weighted by atomic mass is 9.95. The van der Waals surface area contributed by atoms with E-state index in [2.05, 4.69) is 4.98 Å². The summed E-state index contributed by atoms with van der Waals surface area (Å²) in [4.78, 5) is 44.9. The molecule has 0 unspecified atom stereocenters. The molecule has 37 heavy (non-hydrogen) atoms. The Labute approximate surface area is 220 Å². The summed E-state index contributed by atoms with van der Waals surface area (Å²) in [5.41, 5.74) is 0.972. The summed E-state index contributed by atoms with van der Waals surface area (Å²) >= 11 is 7.18. The summed E-state index contributed by atoms with van der Waals surface area (Å²) in [7, 11) is 0. The highest BCUT2D eigenvalue weighted by molar-refractivity contribution is 7.17. The first-order valence-corrected chi connectivity index (χ1v) is 12.6. The Morgan fingerprint density at radius 3 is 2.68 bits per heavy atom. The third-order valence-corrected chi connectivity index (χ3v) is 7.25. The first-order valence-electron chi connectivity index (χ1n) is 11.4. The molecule has 3 heterocycles. The quantitative estimate of drug-likeness (QED) is 0.215. The Balaban J connectivity index is 1.67. The number of benzene rings is 2. The van der Waals surface area contributed by atoms with Crippen LogP contribution >= 0.6 is 22.9 Å². The SMILES string of the molecule is CCOC(=O)c1sc(N2C(=O)C(=O)/C(=C(/O)c3ccc4c(c3)OCCO4)[C@@H]2c2cccc(Cl)c2)nc1C. The summed E-state index contributed by atoms with van der Waals surface area (Å²) in [5.74, 6) is -1.83. The van der Waals surface area contributed by atoms with Crippen LogP contribution in [0.15, 0.2) is 48.0 Å². The molecule has 1 saturated heterocycles. The number of aryl methyl sites for hydroxylation is 1. The van der Waals surface area contributed by atoms with Crippen LogP contribution in [0, 0.1) is 6.92 Å². The van der Waals surface area contributed by atoms with Crippen LogP contribution in [-0.2, 0) is 14.3 Å². The number of halogens is 1. The van der Waals surface area contributed by atoms with Gasteiger partial charge in [-0.3, -0.25) is 14.5 Å². The highest BCUT2D eigenvalue weighted by atomic mass is 35.5. The van der Waals surface area contributed by atoms with Crippen molar-refractivity contribution in [1.82, 2.24) is 4.98 Å². The summed E-state index contributed by atoms with van der Waals surface area (Å²) in [6.07, 6.45) is 0. The maximum absolute atomic E-state index is 13.4. The van der Waals surface area contributed by atoms with Gasteiger partial charge in [0.2, 0.25) is 0 Å². The summed E-state index contributed by atoms with van der Waals surface area (Å²) in [6.45, 7) is 4.22. The number of carbonyl (C=O) groups excluding carboxylic acids is 3. The average Bonchev–Trinajstić information content (AvgIpc) is 3.40. The van der Waals surface area contributed by atoms with E-state index < -0.39 is 23.7 Å². The van der Waals surface area contributed by atoms with Crippen molar-refractivity contribution in [3.05, 3.63) is 74.8 Å². The van der Waals surface area contributed by atoms with E-state index in [-0.39, 0.29) is 33.5 Å². The van der Waals surface area contributed by atoms with Gasteiger partial charge in [0.05, 0.1) is 23.9 Å². The number of anilines is 1. The second-order valence-corrected chi connectivity index (χ2v) is 9.63. The van der Waals surface area contributed by atoms with Crippen LogP contribution in [0.1, 0.15) is 39.5 Å². The smallest absolute Gasteiger partial charge is 0.350 e. The number of esters is 1. The lowest BCUT2D eigenvalue weighted by Gasteiger charge is -2.23. The molecular formula is C26H21ClN2O7S. The van der Waals surface area contributed by atoms with Crippen LogP contribution in [0.25, 0.3) is 5.76 Å². The number of hydrogen-bond donors (Lipinski definition) is 1. The highest BCUT2D eigenvalue weighted by Crippen LogP contribution is 2.45. The molecule has 0 saturated carbocycles. The van der Waals surface area contributed by atoms with Gasteiger partial charge in [0.25, 0.3) is 5.78 Å². The Morgan fingerprint density at radius 2 is 1.95 bits per heavy atom. The van der Waals surface area contributed by atoms with Crippen LogP contribution in [-0.4, -0.2) is 47.6 Å². The molecule has 0 bridgehead atoms. The predicted molar refractivity (Wildman–Crippen MR) is 136 cm³/mol. The van der Waals surface area contributed by atoms with Crippen molar-refractivity contribution >= 4 is 51.5 Å². The minimum atomic E-state index is -1.05. The van der Waals surface area contributed by atoms with E-state index in [0.29, 0.717) is 41.0 Å². The topological polar surface area (TPSA) is 115 Å². The van der Waals surface area contributed by atoms with E-state index >= 15 is 0 Å². The van der Waals surface area contributed by atoms with Gasteiger partial charge in [-0.2, -0.15) is 0 Å². The molecule has 1 fully saturated rings. The fourth-order valence-electron chi connectivity index (χ4n) is 4.24. The van der Waals surface area contributed by atoms with Gasteiger partial charge in [-0.25, -0.2) is 9.78 Å². The Morgan fingerprint density at radius 1 is 1.19 bits per heavy atom. The number of aliphatic hydroxyl groups excluding tert-OH is 1. The van der Waals surface area contributed by atoms with Crippen LogP contribution in [0.5, 0.6) is 11.5 Å². The third kappa shape index (κ3) is 4.42. The third-order valence-electron chi connectivity index (χ3n) is 5.88. The number of ether oxygens (including phenoxy) is 3. The molecule has 0 radical (unpaired) electrons. The molecule has 5 rings (SSSR count). The lowest BCUT2D eigenvalue weighted by Crippen LogP contribution is -2.29. The van der Waals surface area contributed by atoms with Gasteiger partial charge >= 0.3 is 11.9 Å². The lowest BCUT2D eigenvalue weighted by molar-refractivity contribution is -0.132. The number of rotatable bonds is 5. The summed E-state index contributed by atoms with van der Waals surface area (Å²) in [6, 6.07) is 10.4. The second-order valence-electron chi connectivity index (χ2n) is 8.21. The zero-order valence-corrected chi connectivity index (χ0v) is 21.4. The first-order chi connectivity index (χ1) is 17.8. The Hall–Kier alpha value is -3.89. The Kier molecular flexibility index (Phi) is 6.61. The normalized spacial score (nSPS) is 18.2. The van der Waals surface area contributed by atoms with Crippen LogP contribution in [0.4, 0.5) is 5.13 Å². The maximum atomic E-state index is 13.4. The van der Waals surface area contributed by atoms with Gasteiger partial charge in [0, 0.05) is 10.6 Å². The molecule has 11 heteroatoms. The molecule has 9 nitrogen and oxygen atoms in total. The van der Waals surface area contributed by atoms with Gasteiger partial charge in [0.15, 0.2) is 16.6 Å².